The number of anilines is 1. The summed E-state index contributed by atoms with van der Waals surface area (Å²) in [5.74, 6) is 0.946. The molecule has 1 saturated carbocycles. The fourth-order valence-electron chi connectivity index (χ4n) is 1.52. The van der Waals surface area contributed by atoms with Gasteiger partial charge < -0.3 is 5.73 Å². The minimum Gasteiger partial charge on any atom is -0.383 e. The Morgan fingerprint density at radius 1 is 1.46 bits per heavy atom. The van der Waals surface area contributed by atoms with Crippen LogP contribution >= 0.6 is 0 Å². The van der Waals surface area contributed by atoms with E-state index in [1.807, 2.05) is 12.1 Å². The summed E-state index contributed by atoms with van der Waals surface area (Å²) in [6.45, 7) is 0. The van der Waals surface area contributed by atoms with Gasteiger partial charge in [0.25, 0.3) is 0 Å². The van der Waals surface area contributed by atoms with Crippen molar-refractivity contribution in [3.05, 3.63) is 23.4 Å². The van der Waals surface area contributed by atoms with Gasteiger partial charge in [-0.2, -0.15) is 5.26 Å². The van der Waals surface area contributed by atoms with Gasteiger partial charge in [0.1, 0.15) is 11.9 Å². The van der Waals surface area contributed by atoms with E-state index in [9.17, 15) is 0 Å². The smallest absolute Gasteiger partial charge is 0.141 e. The van der Waals surface area contributed by atoms with Crippen LogP contribution in [0.3, 0.4) is 0 Å². The van der Waals surface area contributed by atoms with Crippen molar-refractivity contribution in [3.63, 3.8) is 0 Å². The number of nitrogens with two attached hydrogens (primary N) is 1. The molecule has 3 heteroatoms. The molecule has 2 N–H and O–H groups in total. The third kappa shape index (κ3) is 1.35. The second kappa shape index (κ2) is 3.06. The number of hydrogen-bond acceptors (Lipinski definition) is 3. The molecule has 66 valence electrons. The molecule has 1 fully saturated rings. The molecule has 0 spiro atoms. The van der Waals surface area contributed by atoms with Crippen molar-refractivity contribution in [2.45, 2.75) is 25.2 Å². The van der Waals surface area contributed by atoms with Gasteiger partial charge in [-0.15, -0.1) is 0 Å². The SMILES string of the molecule is N#Cc1ccc(C2CCC2)nc1N. The molecule has 1 heterocycles. The Hall–Kier alpha value is -1.56. The van der Waals surface area contributed by atoms with Gasteiger partial charge in [0.15, 0.2) is 0 Å². The van der Waals surface area contributed by atoms with Gasteiger partial charge in [-0.3, -0.25) is 0 Å². The Balaban J connectivity index is 2.30. The average Bonchev–Trinajstić information content (AvgIpc) is 2.01. The largest absolute Gasteiger partial charge is 0.383 e. The van der Waals surface area contributed by atoms with E-state index in [2.05, 4.69) is 4.98 Å². The molecule has 0 bridgehead atoms. The number of pyridine rings is 1. The van der Waals surface area contributed by atoms with Crippen LogP contribution in [0, 0.1) is 11.3 Å². The second-order valence-corrected chi connectivity index (χ2v) is 3.41. The maximum Gasteiger partial charge on any atom is 0.141 e. The van der Waals surface area contributed by atoms with Gasteiger partial charge in [-0.25, -0.2) is 4.98 Å². The number of rotatable bonds is 1. The molecular weight excluding hydrogens is 162 g/mol. The highest BCUT2D eigenvalue weighted by Crippen LogP contribution is 2.35. The molecule has 0 aromatic carbocycles. The van der Waals surface area contributed by atoms with E-state index in [1.165, 1.54) is 19.3 Å². The number of nitrogen functional groups attached to an aromatic ring is 1. The maximum atomic E-state index is 8.65. The van der Waals surface area contributed by atoms with E-state index in [1.54, 1.807) is 6.07 Å². The molecule has 2 rings (SSSR count). The van der Waals surface area contributed by atoms with Crippen LogP contribution in [-0.2, 0) is 0 Å². The Morgan fingerprint density at radius 2 is 2.23 bits per heavy atom. The van der Waals surface area contributed by atoms with Crippen LogP contribution < -0.4 is 5.73 Å². The van der Waals surface area contributed by atoms with Crippen LogP contribution in [0.2, 0.25) is 0 Å². The third-order valence-electron chi connectivity index (χ3n) is 2.59. The van der Waals surface area contributed by atoms with Crippen molar-refractivity contribution < 1.29 is 0 Å². The summed E-state index contributed by atoms with van der Waals surface area (Å²) in [7, 11) is 0. The van der Waals surface area contributed by atoms with E-state index in [0.29, 0.717) is 17.3 Å². The first kappa shape index (κ1) is 8.06. The molecule has 1 aliphatic rings. The summed E-state index contributed by atoms with van der Waals surface area (Å²) in [4.78, 5) is 4.22. The van der Waals surface area contributed by atoms with Crippen LogP contribution in [0.5, 0.6) is 0 Å². The molecule has 0 aliphatic heterocycles. The summed E-state index contributed by atoms with van der Waals surface area (Å²) in [6, 6.07) is 5.69. The highest BCUT2D eigenvalue weighted by atomic mass is 14.8. The Kier molecular flexibility index (Phi) is 1.90. The molecule has 1 aromatic heterocycles. The lowest BCUT2D eigenvalue weighted by atomic mass is 9.82. The Labute approximate surface area is 77.2 Å². The normalized spacial score (nSPS) is 16.2. The monoisotopic (exact) mass is 173 g/mol. The zero-order valence-corrected chi connectivity index (χ0v) is 7.33. The molecule has 1 aliphatic carbocycles. The van der Waals surface area contributed by atoms with E-state index in [0.717, 1.165) is 5.69 Å². The number of aromatic nitrogens is 1. The highest BCUT2D eigenvalue weighted by Gasteiger charge is 2.21. The van der Waals surface area contributed by atoms with E-state index in [4.69, 9.17) is 11.0 Å². The molecule has 0 saturated heterocycles. The van der Waals surface area contributed by atoms with Gasteiger partial charge in [-0.05, 0) is 25.0 Å². The minimum atomic E-state index is 0.368. The van der Waals surface area contributed by atoms with Gasteiger partial charge in [-0.1, -0.05) is 6.42 Å². The number of nitriles is 1. The Bertz CT molecular complexity index is 361. The fourth-order valence-corrected chi connectivity index (χ4v) is 1.52. The Morgan fingerprint density at radius 3 is 2.69 bits per heavy atom. The predicted molar refractivity (Wildman–Crippen MR) is 50.0 cm³/mol. The molecule has 13 heavy (non-hydrogen) atoms. The van der Waals surface area contributed by atoms with Crippen molar-refractivity contribution in [3.8, 4) is 6.07 Å². The number of nitrogens with zero attached hydrogens (tertiary/aromatic N) is 2. The maximum absolute atomic E-state index is 8.65. The summed E-state index contributed by atoms with van der Waals surface area (Å²) in [5, 5.41) is 8.65. The van der Waals surface area contributed by atoms with E-state index in [-0.39, 0.29) is 0 Å². The molecule has 3 nitrogen and oxygen atoms in total. The quantitative estimate of drug-likeness (QED) is 0.704. The van der Waals surface area contributed by atoms with Gasteiger partial charge in [0.2, 0.25) is 0 Å². The van der Waals surface area contributed by atoms with Crippen molar-refractivity contribution in [1.29, 1.82) is 5.26 Å². The molecule has 0 atom stereocenters. The molecule has 0 amide bonds. The number of hydrogen-bond donors (Lipinski definition) is 1. The summed E-state index contributed by atoms with van der Waals surface area (Å²) in [5.41, 5.74) is 7.13. The second-order valence-electron chi connectivity index (χ2n) is 3.41. The van der Waals surface area contributed by atoms with Crippen molar-refractivity contribution in [2.75, 3.05) is 5.73 Å². The summed E-state index contributed by atoms with van der Waals surface area (Å²) in [6.07, 6.45) is 3.70. The highest BCUT2D eigenvalue weighted by molar-refractivity contribution is 5.48. The van der Waals surface area contributed by atoms with Crippen LogP contribution in [0.15, 0.2) is 12.1 Å². The lowest BCUT2D eigenvalue weighted by Crippen LogP contribution is -2.11. The van der Waals surface area contributed by atoms with Gasteiger partial charge >= 0.3 is 0 Å². The van der Waals surface area contributed by atoms with E-state index >= 15 is 0 Å². The van der Waals surface area contributed by atoms with Crippen LogP contribution in [-0.4, -0.2) is 4.98 Å². The molecule has 0 radical (unpaired) electrons. The minimum absolute atomic E-state index is 0.368. The topological polar surface area (TPSA) is 62.7 Å². The first-order chi connectivity index (χ1) is 6.31. The van der Waals surface area contributed by atoms with Gasteiger partial charge in [0.05, 0.1) is 5.56 Å². The first-order valence-electron chi connectivity index (χ1n) is 4.48. The third-order valence-corrected chi connectivity index (χ3v) is 2.59. The predicted octanol–water partition coefficient (Wildman–Crippen LogP) is 1.80. The van der Waals surface area contributed by atoms with Crippen LogP contribution in [0.4, 0.5) is 5.82 Å². The zero-order valence-electron chi connectivity index (χ0n) is 7.33. The lowest BCUT2D eigenvalue weighted by molar-refractivity contribution is 0.411. The van der Waals surface area contributed by atoms with Crippen molar-refractivity contribution in [1.82, 2.24) is 4.98 Å². The summed E-state index contributed by atoms with van der Waals surface area (Å²) >= 11 is 0. The van der Waals surface area contributed by atoms with Crippen LogP contribution in [0.1, 0.15) is 36.4 Å². The fraction of sp³-hybridized carbons (Fsp3) is 0.400. The summed E-state index contributed by atoms with van der Waals surface area (Å²) < 4.78 is 0. The first-order valence-corrected chi connectivity index (χ1v) is 4.48. The zero-order chi connectivity index (χ0) is 9.26. The van der Waals surface area contributed by atoms with Crippen LogP contribution in [0.25, 0.3) is 0 Å². The molecule has 1 aromatic rings. The van der Waals surface area contributed by atoms with Crippen molar-refractivity contribution in [2.24, 2.45) is 0 Å². The van der Waals surface area contributed by atoms with Gasteiger partial charge in [0, 0.05) is 11.6 Å². The lowest BCUT2D eigenvalue weighted by Gasteiger charge is -2.24. The standard InChI is InChI=1S/C10H11N3/c11-6-8-4-5-9(13-10(8)12)7-2-1-3-7/h4-5,7H,1-3H2,(H2,12,13). The molecular formula is C10H11N3. The van der Waals surface area contributed by atoms with E-state index < -0.39 is 0 Å². The molecule has 0 unspecified atom stereocenters. The average molecular weight is 173 g/mol. The van der Waals surface area contributed by atoms with Crippen molar-refractivity contribution >= 4 is 5.82 Å².